The number of hydrogen-bond donors (Lipinski definition) is 0. The molecule has 26 heavy (non-hydrogen) atoms. The summed E-state index contributed by atoms with van der Waals surface area (Å²) in [4.78, 5) is 4.60. The summed E-state index contributed by atoms with van der Waals surface area (Å²) in [5.41, 5.74) is 4.58. The summed E-state index contributed by atoms with van der Waals surface area (Å²) >= 11 is 0. The standard InChI is InChI=1S/C23H22N2O/c1-3-25-22-8-6-5-7-20(22)21-15-17(9-14-23(21)25)16-24-18-10-12-19(13-11-18)26-4-2/h5-16H,3-4H2,1-2H3. The Morgan fingerprint density at radius 1 is 0.885 bits per heavy atom. The van der Waals surface area contributed by atoms with E-state index in [-0.39, 0.29) is 0 Å². The lowest BCUT2D eigenvalue weighted by atomic mass is 10.1. The van der Waals surface area contributed by atoms with Crippen LogP contribution in [0.5, 0.6) is 5.75 Å². The summed E-state index contributed by atoms with van der Waals surface area (Å²) in [7, 11) is 0. The van der Waals surface area contributed by atoms with Gasteiger partial charge in [-0.15, -0.1) is 0 Å². The normalized spacial score (nSPS) is 11.6. The smallest absolute Gasteiger partial charge is 0.119 e. The molecule has 4 aromatic rings. The number of aryl methyl sites for hydroxylation is 1. The number of hydrogen-bond acceptors (Lipinski definition) is 2. The summed E-state index contributed by atoms with van der Waals surface area (Å²) < 4.78 is 7.83. The molecule has 0 spiro atoms. The van der Waals surface area contributed by atoms with Crippen LogP contribution < -0.4 is 4.74 Å². The second-order valence-corrected chi connectivity index (χ2v) is 6.22. The maximum Gasteiger partial charge on any atom is 0.119 e. The monoisotopic (exact) mass is 342 g/mol. The van der Waals surface area contributed by atoms with Crippen molar-refractivity contribution in [3.63, 3.8) is 0 Å². The van der Waals surface area contributed by atoms with E-state index < -0.39 is 0 Å². The zero-order chi connectivity index (χ0) is 17.9. The minimum atomic E-state index is 0.675. The molecule has 4 rings (SSSR count). The zero-order valence-electron chi connectivity index (χ0n) is 15.1. The lowest BCUT2D eigenvalue weighted by Crippen LogP contribution is -1.92. The van der Waals surface area contributed by atoms with Crippen molar-refractivity contribution in [2.24, 2.45) is 4.99 Å². The first kappa shape index (κ1) is 16.4. The molecule has 0 saturated heterocycles. The quantitative estimate of drug-likeness (QED) is 0.411. The number of benzene rings is 3. The van der Waals surface area contributed by atoms with Crippen LogP contribution in [-0.4, -0.2) is 17.4 Å². The fourth-order valence-corrected chi connectivity index (χ4v) is 3.44. The molecule has 0 unspecified atom stereocenters. The van der Waals surface area contributed by atoms with Crippen LogP contribution in [0.3, 0.4) is 0 Å². The molecule has 3 nitrogen and oxygen atoms in total. The highest BCUT2D eigenvalue weighted by Gasteiger charge is 2.08. The lowest BCUT2D eigenvalue weighted by Gasteiger charge is -2.03. The average molecular weight is 342 g/mol. The summed E-state index contributed by atoms with van der Waals surface area (Å²) in [5.74, 6) is 0.875. The molecule has 0 amide bonds. The Morgan fingerprint density at radius 2 is 1.65 bits per heavy atom. The first-order valence-corrected chi connectivity index (χ1v) is 9.08. The van der Waals surface area contributed by atoms with E-state index >= 15 is 0 Å². The molecule has 0 saturated carbocycles. The van der Waals surface area contributed by atoms with Crippen molar-refractivity contribution >= 4 is 33.7 Å². The molecule has 3 aromatic carbocycles. The van der Waals surface area contributed by atoms with Gasteiger partial charge in [0.15, 0.2) is 0 Å². The highest BCUT2D eigenvalue weighted by molar-refractivity contribution is 6.09. The van der Waals surface area contributed by atoms with Gasteiger partial charge in [0.05, 0.1) is 12.3 Å². The maximum atomic E-state index is 5.47. The molecule has 0 aliphatic heterocycles. The van der Waals surface area contributed by atoms with E-state index in [1.54, 1.807) is 0 Å². The largest absolute Gasteiger partial charge is 0.494 e. The number of aromatic nitrogens is 1. The molecule has 0 aliphatic carbocycles. The van der Waals surface area contributed by atoms with Gasteiger partial charge in [0.25, 0.3) is 0 Å². The number of fused-ring (bicyclic) bond motifs is 3. The average Bonchev–Trinajstić information content (AvgIpc) is 3.01. The van der Waals surface area contributed by atoms with E-state index in [4.69, 9.17) is 4.74 Å². The van der Waals surface area contributed by atoms with Crippen LogP contribution in [0.15, 0.2) is 71.7 Å². The highest BCUT2D eigenvalue weighted by atomic mass is 16.5. The highest BCUT2D eigenvalue weighted by Crippen LogP contribution is 2.29. The van der Waals surface area contributed by atoms with E-state index in [9.17, 15) is 0 Å². The van der Waals surface area contributed by atoms with Gasteiger partial charge < -0.3 is 9.30 Å². The summed E-state index contributed by atoms with van der Waals surface area (Å²) in [6.45, 7) is 5.81. The lowest BCUT2D eigenvalue weighted by molar-refractivity contribution is 0.340. The molecule has 3 heteroatoms. The zero-order valence-corrected chi connectivity index (χ0v) is 15.1. The number of rotatable bonds is 5. The van der Waals surface area contributed by atoms with Crippen molar-refractivity contribution in [2.75, 3.05) is 6.61 Å². The molecular formula is C23H22N2O. The Labute approximate surface area is 153 Å². The third kappa shape index (κ3) is 2.97. The second-order valence-electron chi connectivity index (χ2n) is 6.22. The Bertz CT molecular complexity index is 1070. The molecule has 0 aliphatic rings. The van der Waals surface area contributed by atoms with Crippen LogP contribution in [-0.2, 0) is 6.54 Å². The van der Waals surface area contributed by atoms with Crippen LogP contribution in [0, 0.1) is 0 Å². The van der Waals surface area contributed by atoms with E-state index in [1.165, 1.54) is 21.8 Å². The predicted octanol–water partition coefficient (Wildman–Crippen LogP) is 5.96. The number of ether oxygens (including phenoxy) is 1. The van der Waals surface area contributed by atoms with E-state index in [0.29, 0.717) is 6.61 Å². The SMILES string of the molecule is CCOc1ccc(N=Cc2ccc3c(c2)c2ccccc2n3CC)cc1. The van der Waals surface area contributed by atoms with Crippen molar-refractivity contribution < 1.29 is 4.74 Å². The molecule has 1 heterocycles. The molecule has 0 fully saturated rings. The van der Waals surface area contributed by atoms with Crippen LogP contribution in [0.25, 0.3) is 21.8 Å². The summed E-state index contributed by atoms with van der Waals surface area (Å²) in [6, 6.07) is 23.0. The van der Waals surface area contributed by atoms with Crippen molar-refractivity contribution in [2.45, 2.75) is 20.4 Å². The molecule has 1 aromatic heterocycles. The van der Waals surface area contributed by atoms with Crippen LogP contribution in [0.2, 0.25) is 0 Å². The van der Waals surface area contributed by atoms with E-state index in [2.05, 4.69) is 58.9 Å². The third-order valence-corrected chi connectivity index (χ3v) is 4.62. The van der Waals surface area contributed by atoms with Gasteiger partial charge in [-0.25, -0.2) is 0 Å². The molecule has 130 valence electrons. The van der Waals surface area contributed by atoms with Crippen LogP contribution >= 0.6 is 0 Å². The minimum Gasteiger partial charge on any atom is -0.494 e. The fourth-order valence-electron chi connectivity index (χ4n) is 3.44. The number of aliphatic imine (C=N–C) groups is 1. The Hall–Kier alpha value is -3.07. The van der Waals surface area contributed by atoms with Crippen molar-refractivity contribution in [3.8, 4) is 5.75 Å². The molecule has 0 radical (unpaired) electrons. The van der Waals surface area contributed by atoms with Crippen molar-refractivity contribution in [3.05, 3.63) is 72.3 Å². The summed E-state index contributed by atoms with van der Waals surface area (Å²) in [5, 5.41) is 2.57. The third-order valence-electron chi connectivity index (χ3n) is 4.62. The Balaban J connectivity index is 1.70. The molecule has 0 atom stereocenters. The minimum absolute atomic E-state index is 0.675. The number of nitrogens with zero attached hydrogens (tertiary/aromatic N) is 2. The number of para-hydroxylation sites is 1. The van der Waals surface area contributed by atoms with Gasteiger partial charge in [-0.2, -0.15) is 0 Å². The van der Waals surface area contributed by atoms with Gasteiger partial charge >= 0.3 is 0 Å². The van der Waals surface area contributed by atoms with Crippen LogP contribution in [0.1, 0.15) is 19.4 Å². The molecule has 0 bridgehead atoms. The van der Waals surface area contributed by atoms with Crippen molar-refractivity contribution in [1.82, 2.24) is 4.57 Å². The Kier molecular flexibility index (Phi) is 4.44. The molecule has 0 N–H and O–H groups in total. The van der Waals surface area contributed by atoms with Gasteiger partial charge in [-0.05, 0) is 61.9 Å². The van der Waals surface area contributed by atoms with Crippen molar-refractivity contribution in [1.29, 1.82) is 0 Å². The van der Waals surface area contributed by atoms with Gasteiger partial charge in [0.1, 0.15) is 5.75 Å². The first-order valence-electron chi connectivity index (χ1n) is 9.08. The topological polar surface area (TPSA) is 26.5 Å². The van der Waals surface area contributed by atoms with E-state index in [1.807, 2.05) is 37.4 Å². The second kappa shape index (κ2) is 7.04. The fraction of sp³-hybridized carbons (Fsp3) is 0.174. The van der Waals surface area contributed by atoms with Gasteiger partial charge in [0, 0.05) is 34.6 Å². The molecular weight excluding hydrogens is 320 g/mol. The van der Waals surface area contributed by atoms with Gasteiger partial charge in [-0.1, -0.05) is 24.3 Å². The Morgan fingerprint density at radius 3 is 2.42 bits per heavy atom. The van der Waals surface area contributed by atoms with Crippen LogP contribution in [0.4, 0.5) is 5.69 Å². The first-order chi connectivity index (χ1) is 12.8. The van der Waals surface area contributed by atoms with E-state index in [0.717, 1.165) is 23.5 Å². The van der Waals surface area contributed by atoms with Gasteiger partial charge in [0.2, 0.25) is 0 Å². The summed E-state index contributed by atoms with van der Waals surface area (Å²) in [6.07, 6.45) is 1.92. The predicted molar refractivity (Wildman–Crippen MR) is 110 cm³/mol. The maximum absolute atomic E-state index is 5.47. The van der Waals surface area contributed by atoms with Gasteiger partial charge in [-0.3, -0.25) is 4.99 Å².